The van der Waals surface area contributed by atoms with Crippen LogP contribution in [0, 0.1) is 23.5 Å². The Bertz CT molecular complexity index is 1850. The number of hydrogen-bond donors (Lipinski definition) is 3. The molecule has 10 heteroatoms. The van der Waals surface area contributed by atoms with Gasteiger partial charge in [0.05, 0.1) is 12.1 Å². The zero-order valence-corrected chi connectivity index (χ0v) is 32.2. The number of hydrogen-bond acceptors (Lipinski definition) is 5. The number of fused-ring (bicyclic) bond motifs is 1. The molecule has 0 radical (unpaired) electrons. The summed E-state index contributed by atoms with van der Waals surface area (Å²) in [6.07, 6.45) is 5.71. The number of halogens is 2. The standard InChI is InChI=1S/C45H54F2N4O4/c1-4-41(53)48-39(28-30-16-17-31-11-5-8-14-35(31)27-30)45(55)50-43(32-12-6-7-13-32)40(52)29-36(15-9-10-26-51(2)3)44(54)49-42(33-18-22-37(46)23-19-33)34-20-24-38(47)25-21-34/h5,8,11,14,16-25,27,32,36,39,42-43H,4,6-7,9-10,12-13,15,26,28-29H2,1-3H3,(H,48,53)(H,49,54)(H,50,55)/t36-,39+,43+/m1/s1. The van der Waals surface area contributed by atoms with Gasteiger partial charge in [-0.3, -0.25) is 19.2 Å². The summed E-state index contributed by atoms with van der Waals surface area (Å²) in [5, 5.41) is 11.1. The van der Waals surface area contributed by atoms with Crippen molar-refractivity contribution in [2.75, 3.05) is 20.6 Å². The number of ketones is 1. The van der Waals surface area contributed by atoms with Crippen LogP contribution in [0.4, 0.5) is 8.78 Å². The van der Waals surface area contributed by atoms with Gasteiger partial charge in [-0.05, 0) is 104 Å². The summed E-state index contributed by atoms with van der Waals surface area (Å²) in [5.74, 6) is -2.93. The molecule has 292 valence electrons. The molecule has 1 aliphatic rings. The number of nitrogens with one attached hydrogen (secondary N) is 3. The molecule has 3 N–H and O–H groups in total. The normalized spacial score (nSPS) is 14.8. The Kier molecular flexibility index (Phi) is 15.1. The second kappa shape index (κ2) is 20.1. The average molecular weight is 753 g/mol. The number of amides is 3. The van der Waals surface area contributed by atoms with Crippen LogP contribution in [0.1, 0.15) is 87.4 Å². The van der Waals surface area contributed by atoms with E-state index in [1.54, 1.807) is 31.2 Å². The molecule has 0 spiro atoms. The van der Waals surface area contributed by atoms with E-state index in [9.17, 15) is 28.0 Å². The Morgan fingerprint density at radius 1 is 0.745 bits per heavy atom. The Balaban J connectivity index is 1.38. The number of carbonyl (C=O) groups excluding carboxylic acids is 4. The van der Waals surface area contributed by atoms with Crippen molar-refractivity contribution in [1.29, 1.82) is 0 Å². The fraction of sp³-hybridized carbons (Fsp3) is 0.422. The van der Waals surface area contributed by atoms with Crippen LogP contribution in [0.2, 0.25) is 0 Å². The van der Waals surface area contributed by atoms with Crippen LogP contribution < -0.4 is 16.0 Å². The van der Waals surface area contributed by atoms with Crippen LogP contribution in [0.15, 0.2) is 91.0 Å². The maximum absolute atomic E-state index is 14.5. The molecule has 1 fully saturated rings. The van der Waals surface area contributed by atoms with E-state index < -0.39 is 41.6 Å². The topological polar surface area (TPSA) is 108 Å². The van der Waals surface area contributed by atoms with Crippen molar-refractivity contribution in [3.8, 4) is 0 Å². The lowest BCUT2D eigenvalue weighted by molar-refractivity contribution is -0.134. The Morgan fingerprint density at radius 2 is 1.36 bits per heavy atom. The molecular weight excluding hydrogens is 699 g/mol. The van der Waals surface area contributed by atoms with Crippen LogP contribution in [-0.2, 0) is 25.6 Å². The first kappa shape index (κ1) is 41.2. The van der Waals surface area contributed by atoms with E-state index >= 15 is 0 Å². The molecule has 4 aromatic carbocycles. The van der Waals surface area contributed by atoms with Gasteiger partial charge in [-0.1, -0.05) is 92.9 Å². The molecule has 0 bridgehead atoms. The second-order valence-corrected chi connectivity index (χ2v) is 15.1. The SMILES string of the molecule is CCC(=O)N[C@@H](Cc1ccc2ccccc2c1)C(=O)N[C@H](C(=O)C[C@@H](CCCCN(C)C)C(=O)NC(c1ccc(F)cc1)c1ccc(F)cc1)C1CCCC1. The number of nitrogens with zero attached hydrogens (tertiary/aromatic N) is 1. The Labute approximate surface area is 323 Å². The molecule has 0 saturated heterocycles. The van der Waals surface area contributed by atoms with Gasteiger partial charge >= 0.3 is 0 Å². The van der Waals surface area contributed by atoms with Crippen molar-refractivity contribution < 1.29 is 28.0 Å². The molecule has 1 saturated carbocycles. The Hall–Kier alpha value is -4.96. The molecular formula is C45H54F2N4O4. The quantitative estimate of drug-likeness (QED) is 0.0864. The van der Waals surface area contributed by atoms with Gasteiger partial charge in [0.1, 0.15) is 17.7 Å². The lowest BCUT2D eigenvalue weighted by Crippen LogP contribution is -2.54. The molecule has 0 unspecified atom stereocenters. The van der Waals surface area contributed by atoms with Crippen molar-refractivity contribution >= 4 is 34.3 Å². The predicted octanol–water partition coefficient (Wildman–Crippen LogP) is 7.44. The van der Waals surface area contributed by atoms with Crippen LogP contribution >= 0.6 is 0 Å². The summed E-state index contributed by atoms with van der Waals surface area (Å²) in [6.45, 7) is 2.55. The molecule has 1 aliphatic carbocycles. The fourth-order valence-corrected chi connectivity index (χ4v) is 7.56. The smallest absolute Gasteiger partial charge is 0.243 e. The van der Waals surface area contributed by atoms with Gasteiger partial charge < -0.3 is 20.9 Å². The van der Waals surface area contributed by atoms with Crippen molar-refractivity contribution in [2.45, 2.75) is 89.3 Å². The van der Waals surface area contributed by atoms with Gasteiger partial charge in [0.25, 0.3) is 0 Å². The third-order valence-corrected chi connectivity index (χ3v) is 10.7. The lowest BCUT2D eigenvalue weighted by atomic mass is 9.86. The molecule has 0 heterocycles. The molecule has 55 heavy (non-hydrogen) atoms. The summed E-state index contributed by atoms with van der Waals surface area (Å²) in [6, 6.07) is 23.0. The first-order valence-electron chi connectivity index (χ1n) is 19.6. The molecule has 0 aromatic heterocycles. The van der Waals surface area contributed by atoms with Gasteiger partial charge in [0.15, 0.2) is 5.78 Å². The third-order valence-electron chi connectivity index (χ3n) is 10.7. The summed E-state index contributed by atoms with van der Waals surface area (Å²) < 4.78 is 27.9. The minimum Gasteiger partial charge on any atom is -0.345 e. The Morgan fingerprint density at radius 3 is 1.96 bits per heavy atom. The van der Waals surface area contributed by atoms with E-state index in [0.29, 0.717) is 24.0 Å². The van der Waals surface area contributed by atoms with Gasteiger partial charge in [0.2, 0.25) is 17.7 Å². The van der Waals surface area contributed by atoms with Gasteiger partial charge in [-0.2, -0.15) is 0 Å². The number of Topliss-reactive ketones (excluding diaryl/α,β-unsaturated/α-hetero) is 1. The van der Waals surface area contributed by atoms with Gasteiger partial charge in [0, 0.05) is 25.2 Å². The van der Waals surface area contributed by atoms with E-state index in [1.807, 2.05) is 56.6 Å². The molecule has 4 aromatic rings. The van der Waals surface area contributed by atoms with Crippen LogP contribution in [-0.4, -0.2) is 61.1 Å². The van der Waals surface area contributed by atoms with E-state index in [2.05, 4.69) is 20.9 Å². The summed E-state index contributed by atoms with van der Waals surface area (Å²) >= 11 is 0. The first-order chi connectivity index (χ1) is 26.5. The third kappa shape index (κ3) is 12.0. The number of unbranched alkanes of at least 4 members (excludes halogenated alkanes) is 1. The maximum Gasteiger partial charge on any atom is 0.243 e. The molecule has 3 atom stereocenters. The van der Waals surface area contributed by atoms with Crippen LogP contribution in [0.5, 0.6) is 0 Å². The van der Waals surface area contributed by atoms with E-state index in [-0.39, 0.29) is 42.8 Å². The molecule has 5 rings (SSSR count). The number of carbonyl (C=O) groups is 4. The highest BCUT2D eigenvalue weighted by Crippen LogP contribution is 2.31. The lowest BCUT2D eigenvalue weighted by Gasteiger charge is -2.29. The fourth-order valence-electron chi connectivity index (χ4n) is 7.56. The summed E-state index contributed by atoms with van der Waals surface area (Å²) in [5.41, 5.74) is 2.11. The highest BCUT2D eigenvalue weighted by molar-refractivity contribution is 5.95. The molecule has 8 nitrogen and oxygen atoms in total. The minimum absolute atomic E-state index is 0.0918. The zero-order valence-electron chi connectivity index (χ0n) is 32.2. The molecule has 0 aliphatic heterocycles. The molecule has 3 amide bonds. The van der Waals surface area contributed by atoms with E-state index in [1.165, 1.54) is 24.3 Å². The first-order valence-corrected chi connectivity index (χ1v) is 19.6. The van der Waals surface area contributed by atoms with Crippen molar-refractivity contribution in [3.63, 3.8) is 0 Å². The summed E-state index contributed by atoms with van der Waals surface area (Å²) in [4.78, 5) is 57.6. The van der Waals surface area contributed by atoms with Crippen LogP contribution in [0.3, 0.4) is 0 Å². The zero-order chi connectivity index (χ0) is 39.3. The number of benzene rings is 4. The summed E-state index contributed by atoms with van der Waals surface area (Å²) in [7, 11) is 3.96. The van der Waals surface area contributed by atoms with Crippen molar-refractivity contribution in [1.82, 2.24) is 20.9 Å². The average Bonchev–Trinajstić information content (AvgIpc) is 3.72. The van der Waals surface area contributed by atoms with Crippen LogP contribution in [0.25, 0.3) is 10.8 Å². The minimum atomic E-state index is -0.900. The van der Waals surface area contributed by atoms with Crippen molar-refractivity contribution in [3.05, 3.63) is 119 Å². The highest BCUT2D eigenvalue weighted by atomic mass is 19.1. The second-order valence-electron chi connectivity index (χ2n) is 15.1. The van der Waals surface area contributed by atoms with E-state index in [4.69, 9.17) is 0 Å². The van der Waals surface area contributed by atoms with E-state index in [0.717, 1.165) is 55.0 Å². The van der Waals surface area contributed by atoms with Gasteiger partial charge in [-0.25, -0.2) is 8.78 Å². The number of rotatable bonds is 19. The maximum atomic E-state index is 14.5. The monoisotopic (exact) mass is 752 g/mol. The van der Waals surface area contributed by atoms with Crippen molar-refractivity contribution in [2.24, 2.45) is 11.8 Å². The largest absolute Gasteiger partial charge is 0.345 e. The van der Waals surface area contributed by atoms with Gasteiger partial charge in [-0.15, -0.1) is 0 Å². The predicted molar refractivity (Wildman–Crippen MR) is 212 cm³/mol. The highest BCUT2D eigenvalue weighted by Gasteiger charge is 2.36.